The highest BCUT2D eigenvalue weighted by Gasteiger charge is 2.65. The lowest BCUT2D eigenvalue weighted by atomic mass is 9.11. The van der Waals surface area contributed by atoms with Gasteiger partial charge in [0.05, 0.1) is 0 Å². The molecule has 7 aliphatic carbocycles. The zero-order chi connectivity index (χ0) is 19.2. The molecule has 0 aromatic heterocycles. The number of hydrogen-bond acceptors (Lipinski definition) is 0. The van der Waals surface area contributed by atoms with Crippen LogP contribution in [-0.4, -0.2) is 6.71 Å². The fourth-order valence-electron chi connectivity index (χ4n) is 9.55. The first-order valence-electron chi connectivity index (χ1n) is 12.2. The summed E-state index contributed by atoms with van der Waals surface area (Å²) in [6, 6.07) is 0. The molecule has 0 radical (unpaired) electrons. The normalized spacial score (nSPS) is 51.9. The van der Waals surface area contributed by atoms with Crippen molar-refractivity contribution < 1.29 is 0 Å². The van der Waals surface area contributed by atoms with Crippen LogP contribution in [0.15, 0.2) is 12.2 Å². The minimum atomic E-state index is 0.581. The number of allylic oxidation sites excluding steroid dienone is 2. The molecule has 150 valence electrons. The minimum Gasteiger partial charge on any atom is -0.0926 e. The zero-order valence-corrected chi connectivity index (χ0v) is 19.0. The summed E-state index contributed by atoms with van der Waals surface area (Å²) < 4.78 is 0. The lowest BCUT2D eigenvalue weighted by Crippen LogP contribution is -2.61. The molecule has 6 saturated carbocycles. The summed E-state index contributed by atoms with van der Waals surface area (Å²) >= 11 is 0. The van der Waals surface area contributed by atoms with E-state index in [1.54, 1.807) is 0 Å². The highest BCUT2D eigenvalue weighted by Crippen LogP contribution is 2.75. The van der Waals surface area contributed by atoms with E-state index >= 15 is 0 Å². The van der Waals surface area contributed by atoms with Crippen LogP contribution in [-0.2, 0) is 0 Å². The Bertz CT molecular complexity index is 569. The Morgan fingerprint density at radius 3 is 1.48 bits per heavy atom. The van der Waals surface area contributed by atoms with E-state index in [0.717, 1.165) is 36.2 Å². The first-order chi connectivity index (χ1) is 12.6. The summed E-state index contributed by atoms with van der Waals surface area (Å²) in [4.78, 5) is 0. The quantitative estimate of drug-likeness (QED) is 0.350. The van der Waals surface area contributed by atoms with E-state index < -0.39 is 0 Å². The number of rotatable bonds is 3. The molecule has 0 saturated heterocycles. The van der Waals surface area contributed by atoms with E-state index in [1.807, 2.05) is 0 Å². The summed E-state index contributed by atoms with van der Waals surface area (Å²) in [5, 5.41) is 1.16. The average molecular weight is 366 g/mol. The van der Waals surface area contributed by atoms with Crippen molar-refractivity contribution >= 4 is 6.71 Å². The third-order valence-corrected chi connectivity index (χ3v) is 11.4. The molecule has 27 heavy (non-hydrogen) atoms. The van der Waals surface area contributed by atoms with Crippen molar-refractivity contribution in [2.45, 2.75) is 116 Å². The Kier molecular flexibility index (Phi) is 3.97. The van der Waals surface area contributed by atoms with E-state index in [2.05, 4.69) is 53.7 Å². The molecule has 0 aromatic carbocycles. The molecular formula is C26H43B. The van der Waals surface area contributed by atoms with Gasteiger partial charge in [-0.2, -0.15) is 0 Å². The largest absolute Gasteiger partial charge is 0.159 e. The molecular weight excluding hydrogens is 323 g/mol. The monoisotopic (exact) mass is 366 g/mol. The Balaban J connectivity index is 1.48. The fraction of sp³-hybridized carbons (Fsp3) is 0.923. The zero-order valence-electron chi connectivity index (χ0n) is 19.0. The summed E-state index contributed by atoms with van der Waals surface area (Å²) in [7, 11) is 0. The molecule has 0 amide bonds. The van der Waals surface area contributed by atoms with Gasteiger partial charge in [0, 0.05) is 0 Å². The van der Waals surface area contributed by atoms with Gasteiger partial charge in [0.1, 0.15) is 0 Å². The summed E-state index contributed by atoms with van der Waals surface area (Å²) in [5.74, 6) is 4.84. The molecule has 1 heteroatoms. The van der Waals surface area contributed by atoms with Crippen LogP contribution >= 0.6 is 0 Å². The highest BCUT2D eigenvalue weighted by atomic mass is 14.6. The van der Waals surface area contributed by atoms with Crippen LogP contribution < -0.4 is 0 Å². The van der Waals surface area contributed by atoms with Gasteiger partial charge >= 0.3 is 0 Å². The highest BCUT2D eigenvalue weighted by molar-refractivity contribution is 6.67. The Morgan fingerprint density at radius 2 is 1.15 bits per heavy atom. The molecule has 0 N–H and O–H groups in total. The number of fused-ring (bicyclic) bond motifs is 4. The van der Waals surface area contributed by atoms with E-state index in [1.165, 1.54) is 57.8 Å². The Morgan fingerprint density at radius 1 is 0.704 bits per heavy atom. The van der Waals surface area contributed by atoms with Crippen LogP contribution in [0.4, 0.5) is 0 Å². The first kappa shape index (κ1) is 18.8. The van der Waals surface area contributed by atoms with Gasteiger partial charge in [0.2, 0.25) is 0 Å². The first-order valence-corrected chi connectivity index (χ1v) is 12.2. The third-order valence-electron chi connectivity index (χ3n) is 11.4. The van der Waals surface area contributed by atoms with Crippen molar-refractivity contribution in [3.05, 3.63) is 12.2 Å². The van der Waals surface area contributed by atoms with Crippen LogP contribution in [0, 0.1) is 34.5 Å². The predicted molar refractivity (Wildman–Crippen MR) is 118 cm³/mol. The standard InChI is InChI=1S/C26H43B/c1-23(2)18-12-19(23)15-25(5,14-18)27(22-10-8-7-9-11-22)26(6)16-20-13-21(17-26)24(20,3)4/h8,10,18-22H,7,9,11-17H2,1-6H3. The maximum Gasteiger partial charge on any atom is 0.159 e. The second-order valence-corrected chi connectivity index (χ2v) is 13.5. The lowest BCUT2D eigenvalue weighted by molar-refractivity contribution is -0.0932. The maximum atomic E-state index is 2.74. The second-order valence-electron chi connectivity index (χ2n) is 13.5. The summed E-state index contributed by atoms with van der Waals surface area (Å²) in [6.07, 6.45) is 18.6. The molecule has 4 bridgehead atoms. The summed E-state index contributed by atoms with van der Waals surface area (Å²) in [5.41, 5.74) is 1.26. The lowest BCUT2D eigenvalue weighted by Gasteiger charge is -2.69. The topological polar surface area (TPSA) is 0 Å². The van der Waals surface area contributed by atoms with Crippen molar-refractivity contribution in [2.24, 2.45) is 34.5 Å². The van der Waals surface area contributed by atoms with Crippen molar-refractivity contribution in [1.29, 1.82) is 0 Å². The average Bonchev–Trinajstić information content (AvgIpc) is 2.62. The smallest absolute Gasteiger partial charge is 0.0926 e. The molecule has 7 rings (SSSR count). The molecule has 0 aromatic rings. The van der Waals surface area contributed by atoms with Crippen LogP contribution in [0.5, 0.6) is 0 Å². The fourth-order valence-corrected chi connectivity index (χ4v) is 9.55. The van der Waals surface area contributed by atoms with E-state index in [9.17, 15) is 0 Å². The minimum absolute atomic E-state index is 0.581. The molecule has 0 spiro atoms. The predicted octanol–water partition coefficient (Wildman–Crippen LogP) is 8.02. The van der Waals surface area contributed by atoms with Crippen LogP contribution in [0.2, 0.25) is 16.4 Å². The third kappa shape index (κ3) is 2.54. The van der Waals surface area contributed by atoms with Crippen molar-refractivity contribution in [3.63, 3.8) is 0 Å². The van der Waals surface area contributed by atoms with Gasteiger partial charge in [0.15, 0.2) is 6.71 Å². The van der Waals surface area contributed by atoms with Crippen molar-refractivity contribution in [2.75, 3.05) is 0 Å². The van der Waals surface area contributed by atoms with E-state index in [-0.39, 0.29) is 0 Å². The van der Waals surface area contributed by atoms with Crippen LogP contribution in [0.3, 0.4) is 0 Å². The van der Waals surface area contributed by atoms with E-state index in [4.69, 9.17) is 0 Å². The van der Waals surface area contributed by atoms with Gasteiger partial charge in [0.25, 0.3) is 0 Å². The Hall–Kier alpha value is -0.195. The van der Waals surface area contributed by atoms with Crippen LogP contribution in [0.1, 0.15) is 99.3 Å². The molecule has 0 aliphatic heterocycles. The Labute approximate surface area is 169 Å². The van der Waals surface area contributed by atoms with E-state index in [0.29, 0.717) is 21.5 Å². The molecule has 5 atom stereocenters. The molecule has 5 unspecified atom stereocenters. The molecule has 0 nitrogen and oxygen atoms in total. The van der Waals surface area contributed by atoms with Gasteiger partial charge < -0.3 is 0 Å². The van der Waals surface area contributed by atoms with Gasteiger partial charge in [-0.25, -0.2) is 0 Å². The second kappa shape index (κ2) is 5.69. The van der Waals surface area contributed by atoms with Crippen LogP contribution in [0.25, 0.3) is 0 Å². The SMILES string of the molecule is CC1(B(C2C=CCCC2)C2(C)CC3CC(C2)C3(C)C)CC2CC(C1)C2(C)C. The molecule has 7 aliphatic rings. The molecule has 0 heterocycles. The van der Waals surface area contributed by atoms with Gasteiger partial charge in [-0.05, 0) is 66.0 Å². The van der Waals surface area contributed by atoms with Gasteiger partial charge in [-0.1, -0.05) is 96.4 Å². The molecule has 6 fully saturated rings. The van der Waals surface area contributed by atoms with Gasteiger partial charge in [-0.3, -0.25) is 0 Å². The van der Waals surface area contributed by atoms with Crippen molar-refractivity contribution in [1.82, 2.24) is 0 Å². The maximum absolute atomic E-state index is 2.74. The van der Waals surface area contributed by atoms with Crippen molar-refractivity contribution in [3.8, 4) is 0 Å². The van der Waals surface area contributed by atoms with Gasteiger partial charge in [-0.15, -0.1) is 0 Å². The number of hydrogen-bond donors (Lipinski definition) is 0. The summed E-state index contributed by atoms with van der Waals surface area (Å²) in [6.45, 7) is 16.7.